The van der Waals surface area contributed by atoms with E-state index < -0.39 is 29.6 Å². The number of benzene rings is 2. The molecule has 0 radical (unpaired) electrons. The second kappa shape index (κ2) is 6.95. The number of nitrogens with one attached hydrogen (secondary N) is 3. The number of anilines is 1. The summed E-state index contributed by atoms with van der Waals surface area (Å²) in [5, 5.41) is 7.86. The van der Waals surface area contributed by atoms with Gasteiger partial charge in [0, 0.05) is 17.5 Å². The number of carbonyl (C=O) groups is 2. The molecule has 1 heterocycles. The summed E-state index contributed by atoms with van der Waals surface area (Å²) in [6, 6.07) is 9.41. The lowest BCUT2D eigenvalue weighted by molar-refractivity contribution is -0.113. The highest BCUT2D eigenvalue weighted by molar-refractivity contribution is 6.06. The third-order valence-corrected chi connectivity index (χ3v) is 4.19. The second-order valence-electron chi connectivity index (χ2n) is 6.01. The van der Waals surface area contributed by atoms with Gasteiger partial charge < -0.3 is 16.0 Å². The first-order valence-electron chi connectivity index (χ1n) is 7.97. The molecule has 26 heavy (non-hydrogen) atoms. The molecule has 5 nitrogen and oxygen atoms in total. The maximum atomic E-state index is 13.4. The molecule has 2 aromatic carbocycles. The lowest BCUT2D eigenvalue weighted by atomic mass is 9.92. The number of allylic oxidation sites excluding steroid dienone is 1. The first-order chi connectivity index (χ1) is 12.4. The number of amides is 3. The van der Waals surface area contributed by atoms with Crippen LogP contribution in [0.4, 0.5) is 19.3 Å². The van der Waals surface area contributed by atoms with E-state index in [4.69, 9.17) is 0 Å². The van der Waals surface area contributed by atoms with E-state index in [0.29, 0.717) is 11.3 Å². The van der Waals surface area contributed by atoms with Gasteiger partial charge in [0.25, 0.3) is 5.91 Å². The Morgan fingerprint density at radius 1 is 1.08 bits per heavy atom. The highest BCUT2D eigenvalue weighted by Crippen LogP contribution is 2.29. The van der Waals surface area contributed by atoms with Crippen molar-refractivity contribution in [1.82, 2.24) is 10.6 Å². The van der Waals surface area contributed by atoms with Gasteiger partial charge in [-0.05, 0) is 37.1 Å². The van der Waals surface area contributed by atoms with Crippen LogP contribution < -0.4 is 16.0 Å². The van der Waals surface area contributed by atoms with Crippen LogP contribution in [0.5, 0.6) is 0 Å². The predicted molar refractivity (Wildman–Crippen MR) is 93.3 cm³/mol. The van der Waals surface area contributed by atoms with E-state index in [-0.39, 0.29) is 5.69 Å². The molecular formula is C19H17F2N3O2. The fourth-order valence-corrected chi connectivity index (χ4v) is 2.91. The molecule has 3 rings (SSSR count). The van der Waals surface area contributed by atoms with Gasteiger partial charge in [0.2, 0.25) is 0 Å². The molecular weight excluding hydrogens is 340 g/mol. The molecule has 1 aliphatic rings. The Labute approximate surface area is 149 Å². The molecule has 3 N–H and O–H groups in total. The van der Waals surface area contributed by atoms with E-state index in [1.54, 1.807) is 6.92 Å². The summed E-state index contributed by atoms with van der Waals surface area (Å²) in [5.74, 6) is -2.57. The first-order valence-corrected chi connectivity index (χ1v) is 7.97. The van der Waals surface area contributed by atoms with Crippen LogP contribution in [0.3, 0.4) is 0 Å². The van der Waals surface area contributed by atoms with Crippen LogP contribution in [-0.4, -0.2) is 11.9 Å². The number of urea groups is 1. The summed E-state index contributed by atoms with van der Waals surface area (Å²) in [6.07, 6.45) is 0. The number of halogens is 2. The molecule has 0 saturated heterocycles. The van der Waals surface area contributed by atoms with Gasteiger partial charge in [-0.15, -0.1) is 0 Å². The maximum absolute atomic E-state index is 13.4. The van der Waals surface area contributed by atoms with Crippen LogP contribution in [0.2, 0.25) is 0 Å². The zero-order valence-corrected chi connectivity index (χ0v) is 14.2. The van der Waals surface area contributed by atoms with E-state index in [1.807, 2.05) is 31.2 Å². The molecule has 7 heteroatoms. The van der Waals surface area contributed by atoms with Gasteiger partial charge in [0.05, 0.1) is 11.6 Å². The molecule has 0 aliphatic carbocycles. The van der Waals surface area contributed by atoms with Gasteiger partial charge in [-0.2, -0.15) is 0 Å². The highest BCUT2D eigenvalue weighted by Gasteiger charge is 2.32. The van der Waals surface area contributed by atoms with E-state index in [0.717, 1.165) is 23.3 Å². The summed E-state index contributed by atoms with van der Waals surface area (Å²) < 4.78 is 26.5. The summed E-state index contributed by atoms with van der Waals surface area (Å²) in [6.45, 7) is 3.49. The number of carbonyl (C=O) groups excluding carboxylic acids is 2. The molecule has 0 bridgehead atoms. The SMILES string of the molecule is CC1=C(C(=O)Nc2ccc(F)c(F)c2)[C@@H](c2ccccc2C)NC(=O)N1. The third-order valence-electron chi connectivity index (χ3n) is 4.19. The summed E-state index contributed by atoms with van der Waals surface area (Å²) in [4.78, 5) is 24.7. The molecule has 134 valence electrons. The zero-order valence-electron chi connectivity index (χ0n) is 14.2. The second-order valence-corrected chi connectivity index (χ2v) is 6.01. The van der Waals surface area contributed by atoms with Crippen molar-refractivity contribution in [3.05, 3.63) is 76.5 Å². The van der Waals surface area contributed by atoms with Crippen molar-refractivity contribution in [2.45, 2.75) is 19.9 Å². The van der Waals surface area contributed by atoms with Crippen LogP contribution in [0.25, 0.3) is 0 Å². The van der Waals surface area contributed by atoms with Crippen molar-refractivity contribution in [1.29, 1.82) is 0 Å². The molecule has 2 aromatic rings. The number of hydrogen-bond acceptors (Lipinski definition) is 2. The van der Waals surface area contributed by atoms with E-state index in [1.165, 1.54) is 6.07 Å². The van der Waals surface area contributed by atoms with E-state index >= 15 is 0 Å². The van der Waals surface area contributed by atoms with Crippen LogP contribution in [0.15, 0.2) is 53.7 Å². The molecule has 0 aromatic heterocycles. The van der Waals surface area contributed by atoms with Crippen molar-refractivity contribution in [2.24, 2.45) is 0 Å². The molecule has 1 atom stereocenters. The average Bonchev–Trinajstić information content (AvgIpc) is 2.57. The van der Waals surface area contributed by atoms with Crippen LogP contribution in [-0.2, 0) is 4.79 Å². The van der Waals surface area contributed by atoms with Crippen LogP contribution >= 0.6 is 0 Å². The molecule has 0 fully saturated rings. The summed E-state index contributed by atoms with van der Waals surface area (Å²) in [5.41, 5.74) is 2.49. The Morgan fingerprint density at radius 3 is 2.50 bits per heavy atom. The predicted octanol–water partition coefficient (Wildman–Crippen LogP) is 3.54. The first kappa shape index (κ1) is 17.6. The topological polar surface area (TPSA) is 70.2 Å². The summed E-state index contributed by atoms with van der Waals surface area (Å²) >= 11 is 0. The Hall–Kier alpha value is -3.22. The molecule has 1 aliphatic heterocycles. The maximum Gasteiger partial charge on any atom is 0.319 e. The number of hydrogen-bond donors (Lipinski definition) is 3. The van der Waals surface area contributed by atoms with Gasteiger partial charge in [-0.3, -0.25) is 4.79 Å². The smallest absolute Gasteiger partial charge is 0.319 e. The standard InChI is InChI=1S/C19H17F2N3O2/c1-10-5-3-4-6-13(10)17-16(11(2)22-19(26)24-17)18(25)23-12-7-8-14(20)15(21)9-12/h3-9,17H,1-2H3,(H,23,25)(H2,22,24,26)/t17-/m1/s1. The van der Waals surface area contributed by atoms with Crippen LogP contribution in [0, 0.1) is 18.6 Å². The minimum atomic E-state index is -1.06. The lowest BCUT2D eigenvalue weighted by Crippen LogP contribution is -2.46. The Balaban J connectivity index is 1.97. The van der Waals surface area contributed by atoms with Crippen molar-refractivity contribution in [2.75, 3.05) is 5.32 Å². The molecule has 0 unspecified atom stereocenters. The van der Waals surface area contributed by atoms with E-state index in [2.05, 4.69) is 16.0 Å². The fraction of sp³-hybridized carbons (Fsp3) is 0.158. The zero-order chi connectivity index (χ0) is 18.8. The van der Waals surface area contributed by atoms with Gasteiger partial charge in [0.15, 0.2) is 11.6 Å². The average molecular weight is 357 g/mol. The van der Waals surface area contributed by atoms with Crippen molar-refractivity contribution in [3.8, 4) is 0 Å². The summed E-state index contributed by atoms with van der Waals surface area (Å²) in [7, 11) is 0. The minimum Gasteiger partial charge on any atom is -0.327 e. The Bertz CT molecular complexity index is 925. The van der Waals surface area contributed by atoms with Gasteiger partial charge >= 0.3 is 6.03 Å². The highest BCUT2D eigenvalue weighted by atomic mass is 19.2. The Kier molecular flexibility index (Phi) is 4.71. The minimum absolute atomic E-state index is 0.120. The monoisotopic (exact) mass is 357 g/mol. The van der Waals surface area contributed by atoms with Gasteiger partial charge in [-0.25, -0.2) is 13.6 Å². The Morgan fingerprint density at radius 2 is 1.81 bits per heavy atom. The quantitative estimate of drug-likeness (QED) is 0.786. The lowest BCUT2D eigenvalue weighted by Gasteiger charge is -2.29. The molecule has 0 spiro atoms. The largest absolute Gasteiger partial charge is 0.327 e. The fourth-order valence-electron chi connectivity index (χ4n) is 2.91. The van der Waals surface area contributed by atoms with Gasteiger partial charge in [0.1, 0.15) is 0 Å². The van der Waals surface area contributed by atoms with Crippen LogP contribution in [0.1, 0.15) is 24.1 Å². The normalized spacial score (nSPS) is 16.8. The van der Waals surface area contributed by atoms with Crippen molar-refractivity contribution < 1.29 is 18.4 Å². The van der Waals surface area contributed by atoms with Crippen molar-refractivity contribution >= 4 is 17.6 Å². The third kappa shape index (κ3) is 3.42. The molecule has 3 amide bonds. The number of rotatable bonds is 3. The van der Waals surface area contributed by atoms with Crippen molar-refractivity contribution in [3.63, 3.8) is 0 Å². The number of aryl methyl sites for hydroxylation is 1. The van der Waals surface area contributed by atoms with Gasteiger partial charge in [-0.1, -0.05) is 24.3 Å². The van der Waals surface area contributed by atoms with E-state index in [9.17, 15) is 18.4 Å². The molecule has 0 saturated carbocycles.